The topological polar surface area (TPSA) is 99.2 Å². The fraction of sp³-hybridized carbons (Fsp3) is 0.184. The van der Waals surface area contributed by atoms with E-state index in [1.54, 1.807) is 12.4 Å². The number of carbonyl (C=O) groups is 2. The van der Waals surface area contributed by atoms with Crippen LogP contribution in [0.15, 0.2) is 146 Å². The van der Waals surface area contributed by atoms with Crippen molar-refractivity contribution >= 4 is 33.7 Å². The Balaban J connectivity index is 0.000000148. The Labute approximate surface area is 331 Å². The molecule has 4 aromatic carbocycles. The number of benzene rings is 4. The molecule has 2 fully saturated rings. The van der Waals surface area contributed by atoms with Crippen LogP contribution in [0.1, 0.15) is 91.6 Å². The third-order valence-corrected chi connectivity index (χ3v) is 11.1. The smallest absolute Gasteiger partial charge is 0.338 e. The standard InChI is InChI=1S/C25H22N2O2.C24H20N2O2/c1-29-25(28)23-15-19(18-5-6-18)7-8-20(23)13-17-4-9-24-21(14-17)10-12-27(24)22-3-2-11-26-16-22;27-24(28)22-14-18(17-4-5-17)6-7-19(22)12-16-3-8-23-20(13-16)9-11-26(23)21-2-1-10-25-15-21/h2-4,7-12,14-16,18H,5-6,13H2,1H3;1-3,6-11,13-15,17H,4-5,12H2,(H,27,28). The zero-order chi connectivity index (χ0) is 38.9. The van der Waals surface area contributed by atoms with Crippen LogP contribution in [0.4, 0.5) is 0 Å². The molecule has 2 saturated carbocycles. The van der Waals surface area contributed by atoms with Crippen LogP contribution in [0.5, 0.6) is 0 Å². The van der Waals surface area contributed by atoms with Crippen molar-refractivity contribution in [3.63, 3.8) is 0 Å². The second-order valence-corrected chi connectivity index (χ2v) is 15.1. The number of hydrogen-bond acceptors (Lipinski definition) is 5. The molecule has 10 rings (SSSR count). The molecular weight excluding hydrogens is 709 g/mol. The number of nitrogens with zero attached hydrogens (tertiary/aromatic N) is 4. The molecule has 0 saturated heterocycles. The summed E-state index contributed by atoms with van der Waals surface area (Å²) in [5.41, 5.74) is 12.0. The van der Waals surface area contributed by atoms with Gasteiger partial charge in [0.1, 0.15) is 0 Å². The van der Waals surface area contributed by atoms with E-state index in [4.69, 9.17) is 4.74 Å². The maximum Gasteiger partial charge on any atom is 0.338 e. The van der Waals surface area contributed by atoms with Gasteiger partial charge in [0.2, 0.25) is 0 Å². The van der Waals surface area contributed by atoms with Gasteiger partial charge in [0.05, 0.1) is 53.0 Å². The van der Waals surface area contributed by atoms with E-state index in [-0.39, 0.29) is 5.97 Å². The fourth-order valence-corrected chi connectivity index (χ4v) is 7.82. The first-order valence-electron chi connectivity index (χ1n) is 19.5. The minimum Gasteiger partial charge on any atom is -0.478 e. The van der Waals surface area contributed by atoms with E-state index in [1.807, 2.05) is 61.1 Å². The van der Waals surface area contributed by atoms with E-state index < -0.39 is 5.97 Å². The number of methoxy groups -OCH3 is 1. The lowest BCUT2D eigenvalue weighted by Crippen LogP contribution is -2.07. The average Bonchev–Trinajstić information content (AvgIpc) is 4.19. The van der Waals surface area contributed by atoms with E-state index in [0.717, 1.165) is 50.0 Å². The van der Waals surface area contributed by atoms with E-state index in [0.29, 0.717) is 35.8 Å². The van der Waals surface area contributed by atoms with Gasteiger partial charge in [-0.05, 0) is 157 Å². The highest BCUT2D eigenvalue weighted by molar-refractivity contribution is 5.92. The van der Waals surface area contributed by atoms with Crippen molar-refractivity contribution in [3.05, 3.63) is 191 Å². The molecule has 0 bridgehead atoms. The summed E-state index contributed by atoms with van der Waals surface area (Å²) >= 11 is 0. The first-order chi connectivity index (χ1) is 27.9. The van der Waals surface area contributed by atoms with E-state index in [2.05, 4.69) is 92.0 Å². The van der Waals surface area contributed by atoms with Crippen molar-refractivity contribution in [1.29, 1.82) is 0 Å². The molecule has 2 aliphatic carbocycles. The van der Waals surface area contributed by atoms with Crippen LogP contribution in [-0.4, -0.2) is 43.3 Å². The number of hydrogen-bond donors (Lipinski definition) is 1. The minimum atomic E-state index is -0.846. The lowest BCUT2D eigenvalue weighted by Gasteiger charge is -2.11. The van der Waals surface area contributed by atoms with E-state index in [9.17, 15) is 14.7 Å². The maximum absolute atomic E-state index is 12.4. The van der Waals surface area contributed by atoms with E-state index in [1.165, 1.54) is 49.3 Å². The zero-order valence-electron chi connectivity index (χ0n) is 31.7. The van der Waals surface area contributed by atoms with Gasteiger partial charge in [0.25, 0.3) is 0 Å². The zero-order valence-corrected chi connectivity index (χ0v) is 31.7. The van der Waals surface area contributed by atoms with Crippen LogP contribution in [0.2, 0.25) is 0 Å². The first-order valence-corrected chi connectivity index (χ1v) is 19.5. The number of aromatic nitrogens is 4. The summed E-state index contributed by atoms with van der Waals surface area (Å²) in [6.45, 7) is 0. The molecule has 0 atom stereocenters. The number of ether oxygens (including phenoxy) is 1. The van der Waals surface area contributed by atoms with Crippen molar-refractivity contribution < 1.29 is 19.4 Å². The molecule has 8 nitrogen and oxygen atoms in total. The molecular formula is C49H42N4O4. The monoisotopic (exact) mass is 750 g/mol. The summed E-state index contributed by atoms with van der Waals surface area (Å²) < 4.78 is 9.29. The van der Waals surface area contributed by atoms with Crippen LogP contribution < -0.4 is 0 Å². The van der Waals surface area contributed by atoms with Crippen LogP contribution in [0.3, 0.4) is 0 Å². The van der Waals surface area contributed by atoms with Crippen molar-refractivity contribution in [3.8, 4) is 11.4 Å². The Kier molecular flexibility index (Phi) is 9.68. The Hall–Kier alpha value is -6.80. The third-order valence-electron chi connectivity index (χ3n) is 11.1. The number of carbonyl (C=O) groups excluding carboxylic acids is 1. The maximum atomic E-state index is 12.4. The number of rotatable bonds is 10. The molecule has 0 aliphatic heterocycles. The molecule has 8 heteroatoms. The molecule has 1 N–H and O–H groups in total. The molecule has 282 valence electrons. The largest absolute Gasteiger partial charge is 0.478 e. The summed E-state index contributed by atoms with van der Waals surface area (Å²) in [4.78, 5) is 32.5. The molecule has 0 spiro atoms. The third kappa shape index (κ3) is 7.71. The number of fused-ring (bicyclic) bond motifs is 2. The van der Waals surface area contributed by atoms with Crippen LogP contribution in [0, 0.1) is 0 Å². The predicted octanol–water partition coefficient (Wildman–Crippen LogP) is 10.5. The summed E-state index contributed by atoms with van der Waals surface area (Å²) in [5.74, 6) is 0.0550. The normalized spacial score (nSPS) is 13.6. The number of aromatic carboxylic acids is 1. The number of carboxylic acids is 1. The minimum absolute atomic E-state index is 0.258. The van der Waals surface area contributed by atoms with Gasteiger partial charge in [-0.15, -0.1) is 0 Å². The number of esters is 1. The molecule has 2 aliphatic rings. The Morgan fingerprint density at radius 3 is 1.56 bits per heavy atom. The fourth-order valence-electron chi connectivity index (χ4n) is 7.82. The lowest BCUT2D eigenvalue weighted by atomic mass is 9.96. The van der Waals surface area contributed by atoms with Gasteiger partial charge >= 0.3 is 11.9 Å². The van der Waals surface area contributed by atoms with Crippen molar-refractivity contribution in [1.82, 2.24) is 19.1 Å². The second kappa shape index (κ2) is 15.4. The van der Waals surface area contributed by atoms with Gasteiger partial charge in [0.15, 0.2) is 0 Å². The molecule has 4 aromatic heterocycles. The predicted molar refractivity (Wildman–Crippen MR) is 223 cm³/mol. The Morgan fingerprint density at radius 2 is 1.12 bits per heavy atom. The van der Waals surface area contributed by atoms with Gasteiger partial charge in [-0.2, -0.15) is 0 Å². The highest BCUT2D eigenvalue weighted by atomic mass is 16.5. The molecule has 0 radical (unpaired) electrons. The van der Waals surface area contributed by atoms with Gasteiger partial charge in [-0.1, -0.05) is 36.4 Å². The summed E-state index contributed by atoms with van der Waals surface area (Å²) in [5, 5.41) is 12.0. The molecule has 8 aromatic rings. The van der Waals surface area contributed by atoms with Gasteiger partial charge in [0, 0.05) is 35.6 Å². The van der Waals surface area contributed by atoms with Crippen LogP contribution >= 0.6 is 0 Å². The number of carboxylic acid groups (broad SMARTS) is 1. The molecule has 4 heterocycles. The Morgan fingerprint density at radius 1 is 0.632 bits per heavy atom. The first kappa shape index (κ1) is 35.9. The lowest BCUT2D eigenvalue weighted by molar-refractivity contribution is 0.0598. The molecule has 0 amide bonds. The summed E-state index contributed by atoms with van der Waals surface area (Å²) in [6, 6.07) is 37.1. The second-order valence-electron chi connectivity index (χ2n) is 15.1. The SMILES string of the molecule is COC(=O)c1cc(C2CC2)ccc1Cc1ccc2c(ccn2-c2cccnc2)c1.O=C(O)c1cc(C2CC2)ccc1Cc1ccc2c(ccn2-c2cccnc2)c1. The van der Waals surface area contributed by atoms with Crippen LogP contribution in [0.25, 0.3) is 33.2 Å². The van der Waals surface area contributed by atoms with Crippen molar-refractivity contribution in [2.24, 2.45) is 0 Å². The highest BCUT2D eigenvalue weighted by Crippen LogP contribution is 2.42. The van der Waals surface area contributed by atoms with Gasteiger partial charge in [-0.25, -0.2) is 9.59 Å². The highest BCUT2D eigenvalue weighted by Gasteiger charge is 2.26. The number of pyridine rings is 2. The van der Waals surface area contributed by atoms with Gasteiger partial charge < -0.3 is 19.0 Å². The van der Waals surface area contributed by atoms with Crippen LogP contribution in [-0.2, 0) is 17.6 Å². The summed E-state index contributed by atoms with van der Waals surface area (Å²) in [6.07, 6.45) is 17.4. The van der Waals surface area contributed by atoms with Crippen molar-refractivity contribution in [2.45, 2.75) is 50.4 Å². The summed E-state index contributed by atoms with van der Waals surface area (Å²) in [7, 11) is 1.45. The Bertz CT molecular complexity index is 2740. The molecule has 0 unspecified atom stereocenters. The quantitative estimate of drug-likeness (QED) is 0.140. The van der Waals surface area contributed by atoms with E-state index >= 15 is 0 Å². The van der Waals surface area contributed by atoms with Crippen molar-refractivity contribution in [2.75, 3.05) is 7.11 Å². The van der Waals surface area contributed by atoms with Gasteiger partial charge in [-0.3, -0.25) is 9.97 Å². The molecule has 57 heavy (non-hydrogen) atoms. The average molecular weight is 751 g/mol.